The number of phosphoric ester groups is 2. The van der Waals surface area contributed by atoms with E-state index in [0.717, 1.165) is 120 Å². The first kappa shape index (κ1) is 92.1. The molecule has 0 aliphatic rings. The molecule has 19 heteroatoms. The van der Waals surface area contributed by atoms with Gasteiger partial charge in [0.25, 0.3) is 0 Å². The molecule has 94 heavy (non-hydrogen) atoms. The van der Waals surface area contributed by atoms with Gasteiger partial charge < -0.3 is 33.8 Å². The lowest BCUT2D eigenvalue weighted by Gasteiger charge is -2.21. The maximum atomic E-state index is 13.1. The van der Waals surface area contributed by atoms with E-state index in [-0.39, 0.29) is 25.7 Å². The summed E-state index contributed by atoms with van der Waals surface area (Å²) in [6.45, 7) is 11.9. The second-order valence-electron chi connectivity index (χ2n) is 28.2. The standard InChI is InChI=1S/C75H146O17P2/c1-8-10-11-12-32-42-49-56-72(77)85-62-71(92-75(80)59-52-45-38-37-41-48-55-68(7)9-2)65-90-94(83,84)88-61-69(76)60-87-93(81,82)89-64-70(63-86-73(78)57-50-43-35-30-26-22-19-15-17-21-25-29-34-40-47-54-67(5)6)91-74(79)58-51-44-36-31-27-23-18-14-13-16-20-24-28-33-39-46-53-66(3)4/h66-71,76H,8-65H2,1-7H3,(H,81,82)(H,83,84)/t68?,69-,70-,71-/m1/s1. The van der Waals surface area contributed by atoms with Gasteiger partial charge in [-0.1, -0.05) is 331 Å². The van der Waals surface area contributed by atoms with Gasteiger partial charge in [-0.25, -0.2) is 9.13 Å². The predicted molar refractivity (Wildman–Crippen MR) is 381 cm³/mol. The first-order chi connectivity index (χ1) is 45.3. The lowest BCUT2D eigenvalue weighted by molar-refractivity contribution is -0.161. The summed E-state index contributed by atoms with van der Waals surface area (Å²) in [5.41, 5.74) is 0. The second-order valence-corrected chi connectivity index (χ2v) is 31.1. The third-order valence-corrected chi connectivity index (χ3v) is 19.6. The zero-order valence-electron chi connectivity index (χ0n) is 61.4. The van der Waals surface area contributed by atoms with Crippen LogP contribution in [0.3, 0.4) is 0 Å². The van der Waals surface area contributed by atoms with E-state index in [1.54, 1.807) is 0 Å². The van der Waals surface area contributed by atoms with Gasteiger partial charge in [-0.15, -0.1) is 0 Å². The molecule has 0 aromatic carbocycles. The number of hydrogen-bond acceptors (Lipinski definition) is 15. The molecule has 0 rings (SSSR count). The number of rotatable bonds is 73. The quantitative estimate of drug-likeness (QED) is 0.0222. The van der Waals surface area contributed by atoms with Gasteiger partial charge in [-0.05, 0) is 43.4 Å². The SMILES string of the molecule is CCCCCCCCCC(=O)OC[C@H](COP(=O)(O)OC[C@H](O)COP(=O)(O)OC[C@@H](COC(=O)CCCCCCCCCCCCCCCCCC(C)C)OC(=O)CCCCCCCCCCCCCCCCCCC(C)C)OC(=O)CCCCCCCCC(C)CC. The topological polar surface area (TPSA) is 237 Å². The molecule has 0 aromatic heterocycles. The van der Waals surface area contributed by atoms with Gasteiger partial charge in [0.15, 0.2) is 12.2 Å². The lowest BCUT2D eigenvalue weighted by Crippen LogP contribution is -2.30. The van der Waals surface area contributed by atoms with Crippen molar-refractivity contribution in [2.75, 3.05) is 39.6 Å². The third-order valence-electron chi connectivity index (χ3n) is 17.7. The predicted octanol–water partition coefficient (Wildman–Crippen LogP) is 21.8. The van der Waals surface area contributed by atoms with Gasteiger partial charge in [0.2, 0.25) is 0 Å². The highest BCUT2D eigenvalue weighted by Gasteiger charge is 2.30. The van der Waals surface area contributed by atoms with Crippen molar-refractivity contribution in [3.8, 4) is 0 Å². The monoisotopic (exact) mass is 1380 g/mol. The minimum absolute atomic E-state index is 0.103. The zero-order valence-corrected chi connectivity index (χ0v) is 63.2. The van der Waals surface area contributed by atoms with E-state index in [2.05, 4.69) is 48.5 Å². The average Bonchev–Trinajstić information content (AvgIpc) is 1.61. The molecule has 17 nitrogen and oxygen atoms in total. The third kappa shape index (κ3) is 67.3. The van der Waals surface area contributed by atoms with Crippen molar-refractivity contribution in [3.05, 3.63) is 0 Å². The van der Waals surface area contributed by atoms with Crippen molar-refractivity contribution in [1.82, 2.24) is 0 Å². The highest BCUT2D eigenvalue weighted by molar-refractivity contribution is 7.47. The van der Waals surface area contributed by atoms with Crippen molar-refractivity contribution in [2.45, 2.75) is 401 Å². The van der Waals surface area contributed by atoms with Crippen LogP contribution in [-0.2, 0) is 65.4 Å². The molecule has 0 aliphatic carbocycles. The maximum absolute atomic E-state index is 13.1. The van der Waals surface area contributed by atoms with Crippen LogP contribution in [-0.4, -0.2) is 96.7 Å². The summed E-state index contributed by atoms with van der Waals surface area (Å²) >= 11 is 0. The van der Waals surface area contributed by atoms with E-state index in [0.29, 0.717) is 25.7 Å². The van der Waals surface area contributed by atoms with Crippen LogP contribution in [0, 0.1) is 17.8 Å². The molecule has 558 valence electrons. The van der Waals surface area contributed by atoms with Crippen LogP contribution in [0.2, 0.25) is 0 Å². The van der Waals surface area contributed by atoms with Crippen molar-refractivity contribution in [1.29, 1.82) is 0 Å². The summed E-state index contributed by atoms with van der Waals surface area (Å²) in [6.07, 6.45) is 51.6. The smallest absolute Gasteiger partial charge is 0.462 e. The molecule has 0 heterocycles. The number of aliphatic hydroxyl groups excluding tert-OH is 1. The van der Waals surface area contributed by atoms with E-state index < -0.39 is 97.5 Å². The molecule has 0 aromatic rings. The molecule has 3 N–H and O–H groups in total. The molecule has 0 radical (unpaired) electrons. The van der Waals surface area contributed by atoms with Crippen LogP contribution in [0.15, 0.2) is 0 Å². The number of phosphoric acid groups is 2. The number of hydrogen-bond donors (Lipinski definition) is 3. The van der Waals surface area contributed by atoms with E-state index in [1.807, 2.05) is 0 Å². The summed E-state index contributed by atoms with van der Waals surface area (Å²) in [5.74, 6) is 0.209. The summed E-state index contributed by atoms with van der Waals surface area (Å²) in [6, 6.07) is 0. The molecule has 0 aliphatic heterocycles. The Kier molecular flexibility index (Phi) is 64.3. The van der Waals surface area contributed by atoms with Crippen molar-refractivity contribution in [2.24, 2.45) is 17.8 Å². The fraction of sp³-hybridized carbons (Fsp3) is 0.947. The van der Waals surface area contributed by atoms with Crippen LogP contribution < -0.4 is 0 Å². The molecule has 0 bridgehead atoms. The number of carbonyl (C=O) groups is 4. The van der Waals surface area contributed by atoms with E-state index >= 15 is 0 Å². The molecule has 0 saturated carbocycles. The van der Waals surface area contributed by atoms with E-state index in [1.165, 1.54) is 180 Å². The number of unbranched alkanes of at least 4 members (excludes halogenated alkanes) is 40. The summed E-state index contributed by atoms with van der Waals surface area (Å²) in [7, 11) is -9.90. The van der Waals surface area contributed by atoms with Gasteiger partial charge in [0.1, 0.15) is 19.3 Å². The van der Waals surface area contributed by atoms with Crippen LogP contribution in [0.1, 0.15) is 382 Å². The number of carbonyl (C=O) groups excluding carboxylic acids is 4. The van der Waals surface area contributed by atoms with Crippen LogP contribution >= 0.6 is 15.6 Å². The summed E-state index contributed by atoms with van der Waals surface area (Å²) < 4.78 is 68.3. The Balaban J connectivity index is 5.18. The molecule has 0 saturated heterocycles. The molecule has 0 amide bonds. The normalized spacial score (nSPS) is 14.4. The van der Waals surface area contributed by atoms with Crippen molar-refractivity contribution >= 4 is 39.5 Å². The summed E-state index contributed by atoms with van der Waals surface area (Å²) in [4.78, 5) is 72.6. The van der Waals surface area contributed by atoms with Crippen LogP contribution in [0.5, 0.6) is 0 Å². The molecule has 0 fully saturated rings. The van der Waals surface area contributed by atoms with Crippen molar-refractivity contribution < 1.29 is 80.2 Å². The second kappa shape index (κ2) is 65.7. The zero-order chi connectivity index (χ0) is 69.4. The van der Waals surface area contributed by atoms with Crippen LogP contribution in [0.25, 0.3) is 0 Å². The number of aliphatic hydroxyl groups is 1. The summed E-state index contributed by atoms with van der Waals surface area (Å²) in [5, 5.41) is 10.6. The van der Waals surface area contributed by atoms with Gasteiger partial charge in [-0.2, -0.15) is 0 Å². The van der Waals surface area contributed by atoms with Gasteiger partial charge in [0, 0.05) is 25.7 Å². The average molecular weight is 1380 g/mol. The number of ether oxygens (including phenoxy) is 4. The minimum Gasteiger partial charge on any atom is -0.462 e. The Bertz CT molecular complexity index is 1840. The highest BCUT2D eigenvalue weighted by atomic mass is 31.2. The largest absolute Gasteiger partial charge is 0.472 e. The fourth-order valence-corrected chi connectivity index (χ4v) is 13.0. The Labute approximate surface area is 575 Å². The van der Waals surface area contributed by atoms with E-state index in [4.69, 9.17) is 37.0 Å². The Morgan fingerprint density at radius 2 is 0.543 bits per heavy atom. The number of esters is 4. The first-order valence-electron chi connectivity index (χ1n) is 38.9. The first-order valence-corrected chi connectivity index (χ1v) is 41.9. The Morgan fingerprint density at radius 1 is 0.309 bits per heavy atom. The fourth-order valence-electron chi connectivity index (χ4n) is 11.4. The lowest BCUT2D eigenvalue weighted by atomic mass is 10.00. The van der Waals surface area contributed by atoms with E-state index in [9.17, 15) is 43.2 Å². The Hall–Kier alpha value is -1.94. The molecular formula is C75H146O17P2. The van der Waals surface area contributed by atoms with Gasteiger partial charge >= 0.3 is 39.5 Å². The maximum Gasteiger partial charge on any atom is 0.472 e. The van der Waals surface area contributed by atoms with Gasteiger partial charge in [-0.3, -0.25) is 37.3 Å². The molecule has 0 spiro atoms. The van der Waals surface area contributed by atoms with Crippen LogP contribution in [0.4, 0.5) is 0 Å². The molecule has 3 unspecified atom stereocenters. The highest BCUT2D eigenvalue weighted by Crippen LogP contribution is 2.45. The molecule has 6 atom stereocenters. The Morgan fingerprint density at radius 3 is 0.809 bits per heavy atom. The van der Waals surface area contributed by atoms with Crippen molar-refractivity contribution in [3.63, 3.8) is 0 Å². The minimum atomic E-state index is -4.96. The molecular weight excluding hydrogens is 1230 g/mol. The van der Waals surface area contributed by atoms with Gasteiger partial charge in [0.05, 0.1) is 26.4 Å².